The second kappa shape index (κ2) is 5.32. The van der Waals surface area contributed by atoms with Gasteiger partial charge in [-0.15, -0.1) is 18.3 Å². The quantitative estimate of drug-likeness (QED) is 0.478. The molecule has 0 aromatic heterocycles. The van der Waals surface area contributed by atoms with Gasteiger partial charge in [-0.3, -0.25) is 0 Å². The van der Waals surface area contributed by atoms with Crippen LogP contribution in [0.25, 0.3) is 0 Å². The molecule has 0 unspecified atom stereocenters. The summed E-state index contributed by atoms with van der Waals surface area (Å²) < 4.78 is 0. The number of anilines is 1. The highest BCUT2D eigenvalue weighted by Crippen LogP contribution is 2.32. The first-order chi connectivity index (χ1) is 6.61. The van der Waals surface area contributed by atoms with Crippen LogP contribution >= 0.6 is 23.4 Å². The van der Waals surface area contributed by atoms with Gasteiger partial charge in [0.1, 0.15) is 0 Å². The summed E-state index contributed by atoms with van der Waals surface area (Å²) in [6, 6.07) is 5.59. The van der Waals surface area contributed by atoms with Crippen molar-refractivity contribution in [2.45, 2.75) is 18.2 Å². The Labute approximate surface area is 94.3 Å². The van der Waals surface area contributed by atoms with Crippen molar-refractivity contribution in [1.82, 2.24) is 0 Å². The molecule has 0 saturated heterocycles. The number of allylic oxidation sites excluding steroid dienone is 1. The molecule has 0 radical (unpaired) electrons. The van der Waals surface area contributed by atoms with Crippen LogP contribution in [-0.2, 0) is 0 Å². The van der Waals surface area contributed by atoms with E-state index in [0.717, 1.165) is 27.8 Å². The number of nitrogens with two attached hydrogens (primary N) is 1. The van der Waals surface area contributed by atoms with Gasteiger partial charge in [0.15, 0.2) is 0 Å². The van der Waals surface area contributed by atoms with Gasteiger partial charge >= 0.3 is 0 Å². The molecule has 1 rings (SSSR count). The number of benzene rings is 1. The van der Waals surface area contributed by atoms with Gasteiger partial charge in [-0.25, -0.2) is 0 Å². The fourth-order valence-corrected chi connectivity index (χ4v) is 2.45. The van der Waals surface area contributed by atoms with E-state index in [1.807, 2.05) is 25.1 Å². The molecule has 1 aromatic rings. The van der Waals surface area contributed by atoms with Gasteiger partial charge in [-0.05, 0) is 25.5 Å². The minimum atomic E-state index is 0.733. The summed E-state index contributed by atoms with van der Waals surface area (Å²) in [4.78, 5) is 0.982. The van der Waals surface area contributed by atoms with E-state index in [1.165, 1.54) is 5.57 Å². The molecule has 1 nitrogen and oxygen atoms in total. The molecule has 76 valence electrons. The SMILES string of the molecule is C=C(C)CCSc1c(N)cccc1Cl. The fraction of sp³-hybridized carbons (Fsp3) is 0.273. The van der Waals surface area contributed by atoms with Crippen LogP contribution in [0, 0.1) is 0 Å². The van der Waals surface area contributed by atoms with E-state index >= 15 is 0 Å². The lowest BCUT2D eigenvalue weighted by atomic mass is 10.3. The summed E-state index contributed by atoms with van der Waals surface area (Å²) in [7, 11) is 0. The molecule has 0 aliphatic rings. The first kappa shape index (κ1) is 11.5. The Bertz CT molecular complexity index is 316. The highest BCUT2D eigenvalue weighted by molar-refractivity contribution is 7.99. The standard InChI is InChI=1S/C11H14ClNS/c1-8(2)6-7-14-11-9(12)4-3-5-10(11)13/h3-5H,1,6-7,13H2,2H3. The zero-order valence-electron chi connectivity index (χ0n) is 8.22. The molecule has 0 bridgehead atoms. The van der Waals surface area contributed by atoms with Gasteiger partial charge in [-0.1, -0.05) is 23.2 Å². The highest BCUT2D eigenvalue weighted by atomic mass is 35.5. The zero-order chi connectivity index (χ0) is 10.6. The van der Waals surface area contributed by atoms with Gasteiger partial charge in [0.25, 0.3) is 0 Å². The maximum atomic E-state index is 6.02. The molecule has 0 aliphatic heterocycles. The lowest BCUT2D eigenvalue weighted by molar-refractivity contribution is 1.12. The van der Waals surface area contributed by atoms with Crippen LogP contribution < -0.4 is 5.73 Å². The zero-order valence-corrected chi connectivity index (χ0v) is 9.79. The topological polar surface area (TPSA) is 26.0 Å². The Morgan fingerprint density at radius 2 is 2.29 bits per heavy atom. The van der Waals surface area contributed by atoms with Crippen LogP contribution in [0.4, 0.5) is 5.69 Å². The summed E-state index contributed by atoms with van der Waals surface area (Å²) in [5, 5.41) is 0.733. The van der Waals surface area contributed by atoms with E-state index in [-0.39, 0.29) is 0 Å². The summed E-state index contributed by atoms with van der Waals surface area (Å²) in [6.07, 6.45) is 0.995. The van der Waals surface area contributed by atoms with Gasteiger partial charge < -0.3 is 5.73 Å². The molecule has 0 spiro atoms. The van der Waals surface area contributed by atoms with Crippen molar-refractivity contribution in [3.05, 3.63) is 35.4 Å². The van der Waals surface area contributed by atoms with Crippen LogP contribution in [0.1, 0.15) is 13.3 Å². The van der Waals surface area contributed by atoms with Gasteiger partial charge in [0, 0.05) is 16.3 Å². The molecular weight excluding hydrogens is 214 g/mol. The number of thioether (sulfide) groups is 1. The maximum Gasteiger partial charge on any atom is 0.0562 e. The predicted octanol–water partition coefficient (Wildman–Crippen LogP) is 3.98. The Kier molecular flexibility index (Phi) is 4.36. The van der Waals surface area contributed by atoms with Crippen molar-refractivity contribution >= 4 is 29.1 Å². The molecule has 0 amide bonds. The number of hydrogen-bond donors (Lipinski definition) is 1. The van der Waals surface area contributed by atoms with Crippen molar-refractivity contribution < 1.29 is 0 Å². The molecule has 0 atom stereocenters. The number of hydrogen-bond acceptors (Lipinski definition) is 2. The Morgan fingerprint density at radius 1 is 1.57 bits per heavy atom. The average Bonchev–Trinajstić information content (AvgIpc) is 2.09. The Hall–Kier alpha value is -0.600. The first-order valence-electron chi connectivity index (χ1n) is 4.42. The molecule has 14 heavy (non-hydrogen) atoms. The van der Waals surface area contributed by atoms with Crippen LogP contribution in [0.2, 0.25) is 5.02 Å². The van der Waals surface area contributed by atoms with Crippen molar-refractivity contribution in [3.8, 4) is 0 Å². The molecule has 0 heterocycles. The number of halogens is 1. The Morgan fingerprint density at radius 3 is 2.86 bits per heavy atom. The van der Waals surface area contributed by atoms with E-state index in [4.69, 9.17) is 17.3 Å². The van der Waals surface area contributed by atoms with E-state index in [1.54, 1.807) is 11.8 Å². The molecule has 3 heteroatoms. The third-order valence-electron chi connectivity index (χ3n) is 1.77. The second-order valence-electron chi connectivity index (χ2n) is 3.21. The largest absolute Gasteiger partial charge is 0.398 e. The third-order valence-corrected chi connectivity index (χ3v) is 3.35. The molecular formula is C11H14ClNS. The van der Waals surface area contributed by atoms with Crippen molar-refractivity contribution in [2.75, 3.05) is 11.5 Å². The van der Waals surface area contributed by atoms with Gasteiger partial charge in [-0.2, -0.15) is 0 Å². The summed E-state index contributed by atoms with van der Waals surface area (Å²) >= 11 is 7.71. The molecule has 0 aliphatic carbocycles. The summed E-state index contributed by atoms with van der Waals surface area (Å²) in [5.41, 5.74) is 7.75. The normalized spacial score (nSPS) is 10.1. The first-order valence-corrected chi connectivity index (χ1v) is 5.79. The summed E-state index contributed by atoms with van der Waals surface area (Å²) in [5.74, 6) is 0.975. The van der Waals surface area contributed by atoms with Gasteiger partial charge in [0.2, 0.25) is 0 Å². The summed E-state index contributed by atoms with van der Waals surface area (Å²) in [6.45, 7) is 5.88. The van der Waals surface area contributed by atoms with Crippen LogP contribution in [0.5, 0.6) is 0 Å². The van der Waals surface area contributed by atoms with Crippen LogP contribution in [-0.4, -0.2) is 5.75 Å². The van der Waals surface area contributed by atoms with Crippen molar-refractivity contribution in [2.24, 2.45) is 0 Å². The van der Waals surface area contributed by atoms with Crippen LogP contribution in [0.3, 0.4) is 0 Å². The highest BCUT2D eigenvalue weighted by Gasteiger charge is 2.04. The fourth-order valence-electron chi connectivity index (χ4n) is 1.01. The lowest BCUT2D eigenvalue weighted by Crippen LogP contribution is -1.90. The van der Waals surface area contributed by atoms with Crippen molar-refractivity contribution in [1.29, 1.82) is 0 Å². The molecule has 1 aromatic carbocycles. The van der Waals surface area contributed by atoms with E-state index in [9.17, 15) is 0 Å². The minimum Gasteiger partial charge on any atom is -0.398 e. The monoisotopic (exact) mass is 227 g/mol. The van der Waals surface area contributed by atoms with E-state index < -0.39 is 0 Å². The van der Waals surface area contributed by atoms with Crippen molar-refractivity contribution in [3.63, 3.8) is 0 Å². The average molecular weight is 228 g/mol. The van der Waals surface area contributed by atoms with Crippen LogP contribution in [0.15, 0.2) is 35.2 Å². The molecule has 0 saturated carbocycles. The lowest BCUT2D eigenvalue weighted by Gasteiger charge is -2.06. The second-order valence-corrected chi connectivity index (χ2v) is 4.73. The van der Waals surface area contributed by atoms with E-state index in [0.29, 0.717) is 0 Å². The molecule has 0 fully saturated rings. The number of rotatable bonds is 4. The van der Waals surface area contributed by atoms with Gasteiger partial charge in [0.05, 0.1) is 5.02 Å². The predicted molar refractivity (Wildman–Crippen MR) is 66.0 cm³/mol. The maximum absolute atomic E-state index is 6.02. The number of nitrogen functional groups attached to an aromatic ring is 1. The smallest absolute Gasteiger partial charge is 0.0562 e. The minimum absolute atomic E-state index is 0.733. The Balaban J connectivity index is 2.62. The third kappa shape index (κ3) is 3.28. The molecule has 2 N–H and O–H groups in total. The van der Waals surface area contributed by atoms with E-state index in [2.05, 4.69) is 6.58 Å².